The molecule has 8 heteroatoms. The molecular formula is C38H45N3O5. The summed E-state index contributed by atoms with van der Waals surface area (Å²) < 4.78 is 11.1. The molecule has 0 radical (unpaired) electrons. The second-order valence-electron chi connectivity index (χ2n) is 12.5. The van der Waals surface area contributed by atoms with Crippen LogP contribution in [0.3, 0.4) is 0 Å². The Labute approximate surface area is 272 Å². The first-order valence-corrected chi connectivity index (χ1v) is 16.2. The highest BCUT2D eigenvalue weighted by atomic mass is 16.5. The van der Waals surface area contributed by atoms with Gasteiger partial charge in [0.15, 0.2) is 11.5 Å². The van der Waals surface area contributed by atoms with Crippen molar-refractivity contribution in [2.24, 2.45) is 11.3 Å². The lowest BCUT2D eigenvalue weighted by Crippen LogP contribution is -2.32. The number of carbonyl (C=O) groups excluding carboxylic acids is 2. The smallest absolute Gasteiger partial charge is 0.302 e. The molecule has 5 rings (SSSR count). The Bertz CT molecular complexity index is 1600. The third kappa shape index (κ3) is 8.33. The normalized spacial score (nSPS) is 25.5. The molecule has 46 heavy (non-hydrogen) atoms. The van der Waals surface area contributed by atoms with E-state index in [0.29, 0.717) is 18.7 Å². The minimum absolute atomic E-state index is 0.0229. The lowest BCUT2D eigenvalue weighted by molar-refractivity contribution is -0.148. The van der Waals surface area contributed by atoms with Crippen LogP contribution < -0.4 is 15.4 Å². The average molecular weight is 624 g/mol. The molecule has 4 atom stereocenters. The second kappa shape index (κ2) is 15.1. The molecule has 0 unspecified atom stereocenters. The van der Waals surface area contributed by atoms with Crippen LogP contribution >= 0.6 is 0 Å². The zero-order chi connectivity index (χ0) is 32.5. The van der Waals surface area contributed by atoms with Crippen LogP contribution in [-0.2, 0) is 27.2 Å². The Morgan fingerprint density at radius 3 is 2.76 bits per heavy atom. The van der Waals surface area contributed by atoms with Crippen LogP contribution in [0.4, 0.5) is 0 Å². The van der Waals surface area contributed by atoms with E-state index < -0.39 is 18.0 Å². The van der Waals surface area contributed by atoms with E-state index in [4.69, 9.17) is 9.47 Å². The van der Waals surface area contributed by atoms with Crippen molar-refractivity contribution in [3.8, 4) is 23.3 Å². The molecule has 0 amide bonds. The molecule has 8 nitrogen and oxygen atoms in total. The van der Waals surface area contributed by atoms with Crippen LogP contribution in [0.15, 0.2) is 78.4 Å². The predicted octanol–water partition coefficient (Wildman–Crippen LogP) is 5.78. The topological polar surface area (TPSA) is 113 Å². The molecule has 1 aromatic heterocycles. The first-order chi connectivity index (χ1) is 22.2. The number of aryl methyl sites for hydroxylation is 1. The minimum atomic E-state index is -0.543. The zero-order valence-corrected chi connectivity index (χ0v) is 27.0. The Morgan fingerprint density at radius 2 is 1.96 bits per heavy atom. The number of allylic oxidation sites excluding steroid dienone is 6. The van der Waals surface area contributed by atoms with Crippen molar-refractivity contribution in [2.45, 2.75) is 70.8 Å². The lowest BCUT2D eigenvalue weighted by atomic mass is 9.66. The summed E-state index contributed by atoms with van der Waals surface area (Å²) >= 11 is 0. The number of methoxy groups -OCH3 is 1. The fourth-order valence-electron chi connectivity index (χ4n) is 6.68. The number of ether oxygens (including phenoxy) is 2. The van der Waals surface area contributed by atoms with Crippen molar-refractivity contribution in [1.82, 2.24) is 15.6 Å². The Kier molecular flexibility index (Phi) is 10.7. The lowest BCUT2D eigenvalue weighted by Gasteiger charge is -2.38. The molecular weight excluding hydrogens is 578 g/mol. The van der Waals surface area contributed by atoms with Crippen LogP contribution in [0, 0.1) is 23.2 Å². The Hall–Kier alpha value is -4.64. The molecule has 0 saturated heterocycles. The maximum Gasteiger partial charge on any atom is 0.302 e. The van der Waals surface area contributed by atoms with Crippen LogP contribution in [0.25, 0.3) is 0 Å². The van der Waals surface area contributed by atoms with Crippen molar-refractivity contribution >= 4 is 11.8 Å². The van der Waals surface area contributed by atoms with E-state index in [2.05, 4.69) is 83.2 Å². The van der Waals surface area contributed by atoms with Gasteiger partial charge in [0.1, 0.15) is 11.9 Å². The maximum absolute atomic E-state index is 13.7. The highest BCUT2D eigenvalue weighted by Gasteiger charge is 2.36. The van der Waals surface area contributed by atoms with Gasteiger partial charge in [0, 0.05) is 38.7 Å². The number of ketones is 1. The van der Waals surface area contributed by atoms with Gasteiger partial charge in [-0.1, -0.05) is 55.2 Å². The first kappa shape index (κ1) is 32.7. The van der Waals surface area contributed by atoms with Crippen LogP contribution in [0.5, 0.6) is 11.5 Å². The summed E-state index contributed by atoms with van der Waals surface area (Å²) in [5.41, 5.74) is 4.45. The van der Waals surface area contributed by atoms with Gasteiger partial charge in [-0.05, 0) is 83.9 Å². The summed E-state index contributed by atoms with van der Waals surface area (Å²) in [5.74, 6) is 7.16. The van der Waals surface area contributed by atoms with Gasteiger partial charge in [0.2, 0.25) is 0 Å². The van der Waals surface area contributed by atoms with Crippen LogP contribution in [0.1, 0.15) is 68.6 Å². The SMILES string of the molecule is COc1cc([C@@H]2C#CCNC3=CC(=CCN3)CCc3c[nH]cc3C[C@]3(C=CC=C[C@@H]3C)CC[C@@H](OC(C)=O)CC(=O)C2)ccc1O. The fourth-order valence-corrected chi connectivity index (χ4v) is 6.68. The summed E-state index contributed by atoms with van der Waals surface area (Å²) in [6, 6.07) is 5.05. The van der Waals surface area contributed by atoms with E-state index >= 15 is 0 Å². The number of H-pyrrole nitrogens is 1. The number of nitrogens with one attached hydrogen (secondary N) is 3. The number of dihydropyridines is 1. The van der Waals surface area contributed by atoms with Crippen molar-refractivity contribution in [1.29, 1.82) is 0 Å². The Balaban J connectivity index is 1.47. The summed E-state index contributed by atoms with van der Waals surface area (Å²) in [7, 11) is 1.49. The summed E-state index contributed by atoms with van der Waals surface area (Å²) in [4.78, 5) is 29.2. The number of phenols is 1. The van der Waals surface area contributed by atoms with Gasteiger partial charge >= 0.3 is 5.97 Å². The number of aromatic hydroxyl groups is 1. The van der Waals surface area contributed by atoms with Gasteiger partial charge in [-0.3, -0.25) is 9.59 Å². The standard InChI is InChI=1S/C38H45N3O5/c1-26-7-4-5-15-38(26)16-13-34(46-27(2)42)22-33(43)20-29(30-11-12-35(44)36(21-30)45-3)8-6-17-40-37-19-28(14-18-41-37)9-10-31-24-39-25-32(31)23-38/h4-5,7,11-12,14-15,19,21,24-26,29,34,39-41,44H,9-10,13,16-18,20,22-23H2,1-3H3/t26-,29+,34+,38-/m0/s1. The summed E-state index contributed by atoms with van der Waals surface area (Å²) in [6.45, 7) is 4.78. The number of hydrogen-bond acceptors (Lipinski definition) is 7. The van der Waals surface area contributed by atoms with Crippen molar-refractivity contribution in [2.75, 3.05) is 20.2 Å². The highest BCUT2D eigenvalue weighted by molar-refractivity contribution is 5.81. The average Bonchev–Trinajstić information content (AvgIpc) is 3.48. The van der Waals surface area contributed by atoms with E-state index in [0.717, 1.165) is 43.6 Å². The maximum atomic E-state index is 13.7. The minimum Gasteiger partial charge on any atom is -0.504 e. The van der Waals surface area contributed by atoms with Gasteiger partial charge in [-0.15, -0.1) is 0 Å². The van der Waals surface area contributed by atoms with E-state index in [9.17, 15) is 14.7 Å². The first-order valence-electron chi connectivity index (χ1n) is 16.2. The molecule has 242 valence electrons. The number of hydrogen-bond donors (Lipinski definition) is 4. The van der Waals surface area contributed by atoms with Gasteiger partial charge in [0.05, 0.1) is 25.4 Å². The molecule has 1 aliphatic carbocycles. The third-order valence-corrected chi connectivity index (χ3v) is 9.36. The molecule has 0 fully saturated rings. The number of aromatic amines is 1. The van der Waals surface area contributed by atoms with Crippen LogP contribution in [-0.4, -0.2) is 48.1 Å². The highest BCUT2D eigenvalue weighted by Crippen LogP contribution is 2.43. The number of fused-ring (bicyclic) bond motifs is 2. The molecule has 2 bridgehead atoms. The molecule has 3 heterocycles. The van der Waals surface area contributed by atoms with E-state index in [1.54, 1.807) is 18.2 Å². The molecule has 1 aromatic carbocycles. The van der Waals surface area contributed by atoms with Gasteiger partial charge < -0.3 is 30.2 Å². The summed E-state index contributed by atoms with van der Waals surface area (Å²) in [5, 5.41) is 16.9. The third-order valence-electron chi connectivity index (χ3n) is 9.36. The Morgan fingerprint density at radius 1 is 1.11 bits per heavy atom. The number of aromatic nitrogens is 1. The second-order valence-corrected chi connectivity index (χ2v) is 12.5. The molecule has 3 aliphatic rings. The summed E-state index contributed by atoms with van der Waals surface area (Å²) in [6.07, 6.45) is 21.1. The monoisotopic (exact) mass is 623 g/mol. The largest absolute Gasteiger partial charge is 0.504 e. The number of esters is 1. The van der Waals surface area contributed by atoms with Gasteiger partial charge in [-0.2, -0.15) is 0 Å². The van der Waals surface area contributed by atoms with E-state index in [1.807, 2.05) is 0 Å². The van der Waals surface area contributed by atoms with Crippen molar-refractivity contribution in [3.05, 3.63) is 95.1 Å². The fraction of sp³-hybridized carbons (Fsp3) is 0.421. The number of benzene rings is 1. The number of rotatable bonds is 3. The number of phenolic OH excluding ortho intramolecular Hbond substituents is 1. The molecule has 1 spiro atoms. The predicted molar refractivity (Wildman–Crippen MR) is 179 cm³/mol. The molecule has 4 N–H and O–H groups in total. The molecule has 2 aliphatic heterocycles. The van der Waals surface area contributed by atoms with Gasteiger partial charge in [-0.25, -0.2) is 0 Å². The molecule has 2 aromatic rings. The van der Waals surface area contributed by atoms with E-state index in [1.165, 1.54) is 30.7 Å². The van der Waals surface area contributed by atoms with Crippen LogP contribution in [0.2, 0.25) is 0 Å². The number of Topliss-reactive ketones (excluding diaryl/α,β-unsaturated/α-hetero) is 1. The number of carbonyl (C=O) groups is 2. The molecule has 0 saturated carbocycles. The van der Waals surface area contributed by atoms with E-state index in [-0.39, 0.29) is 35.7 Å². The van der Waals surface area contributed by atoms with Crippen molar-refractivity contribution in [3.63, 3.8) is 0 Å². The van der Waals surface area contributed by atoms with Crippen molar-refractivity contribution < 1.29 is 24.2 Å². The zero-order valence-electron chi connectivity index (χ0n) is 27.0. The van der Waals surface area contributed by atoms with Gasteiger partial charge in [0.25, 0.3) is 0 Å². The quantitative estimate of drug-likeness (QED) is 0.254.